The summed E-state index contributed by atoms with van der Waals surface area (Å²) in [5.74, 6) is 2.46. The number of halogens is 1. The number of amides is 1. The monoisotopic (exact) mass is 815 g/mol. The molecule has 0 bridgehead atoms. The number of phenols is 1. The van der Waals surface area contributed by atoms with Crippen molar-refractivity contribution in [1.82, 2.24) is 30.3 Å². The lowest BCUT2D eigenvalue weighted by atomic mass is 9.56. The fourth-order valence-corrected chi connectivity index (χ4v) is 10.7. The zero-order valence-corrected chi connectivity index (χ0v) is 35.2. The minimum atomic E-state index is -0.0827. The summed E-state index contributed by atoms with van der Waals surface area (Å²) < 4.78 is 2.20. The Labute approximate surface area is 349 Å². The quantitative estimate of drug-likeness (QED) is 0.173. The molecule has 1 amide bonds. The second kappa shape index (κ2) is 16.6. The number of aromatic hydroxyl groups is 1. The van der Waals surface area contributed by atoms with Gasteiger partial charge < -0.3 is 15.3 Å². The largest absolute Gasteiger partial charge is 0.508 e. The third-order valence-corrected chi connectivity index (χ3v) is 14.1. The van der Waals surface area contributed by atoms with E-state index in [-0.39, 0.29) is 28.8 Å². The van der Waals surface area contributed by atoms with Crippen molar-refractivity contribution in [3.05, 3.63) is 110 Å². The van der Waals surface area contributed by atoms with E-state index in [2.05, 4.69) is 80.2 Å². The van der Waals surface area contributed by atoms with Crippen molar-refractivity contribution in [3.8, 4) is 16.8 Å². The van der Waals surface area contributed by atoms with Gasteiger partial charge in [0.25, 0.3) is 5.91 Å². The van der Waals surface area contributed by atoms with Crippen molar-refractivity contribution in [1.29, 1.82) is 5.26 Å². The highest BCUT2D eigenvalue weighted by Gasteiger charge is 2.45. The number of aliphatic imine (C=N–C) groups is 1. The van der Waals surface area contributed by atoms with Gasteiger partial charge in [-0.3, -0.25) is 14.4 Å². The van der Waals surface area contributed by atoms with Gasteiger partial charge in [-0.25, -0.2) is 0 Å². The molecule has 58 heavy (non-hydrogen) atoms. The average molecular weight is 816 g/mol. The summed E-state index contributed by atoms with van der Waals surface area (Å²) >= 11 is 7.35. The number of anilines is 1. The summed E-state index contributed by atoms with van der Waals surface area (Å²) in [5, 5.41) is 39.5. The van der Waals surface area contributed by atoms with Crippen molar-refractivity contribution in [2.45, 2.75) is 104 Å². The number of nitrogens with zero attached hydrogens (tertiary/aromatic N) is 8. The predicted octanol–water partition coefficient (Wildman–Crippen LogP) is 9.18. The minimum absolute atomic E-state index is 0.0731. The number of piperidine rings is 1. The first-order valence-corrected chi connectivity index (χ1v) is 21.7. The Kier molecular flexibility index (Phi) is 11.4. The molecule has 9 rings (SSSR count). The molecule has 2 aromatic carbocycles. The number of carbonyl (C=O) groups excluding carboxylic acids is 1. The first-order valence-electron chi connectivity index (χ1n) is 20.5. The van der Waals surface area contributed by atoms with Crippen molar-refractivity contribution in [3.63, 3.8) is 0 Å². The summed E-state index contributed by atoms with van der Waals surface area (Å²) in [4.78, 5) is 21.7. The summed E-state index contributed by atoms with van der Waals surface area (Å²) in [7, 11) is 0. The van der Waals surface area contributed by atoms with Crippen LogP contribution in [0.4, 0.5) is 5.69 Å². The molecular weight excluding hydrogens is 766 g/mol. The van der Waals surface area contributed by atoms with Crippen LogP contribution in [0.1, 0.15) is 126 Å². The number of aryl methyl sites for hydroxylation is 2. The van der Waals surface area contributed by atoms with Crippen LogP contribution in [0.5, 0.6) is 5.75 Å². The molecule has 4 aliphatic rings. The van der Waals surface area contributed by atoms with Crippen LogP contribution in [-0.4, -0.2) is 60.8 Å². The summed E-state index contributed by atoms with van der Waals surface area (Å²) in [6.07, 6.45) is 11.8. The molecule has 1 spiro atoms. The minimum Gasteiger partial charge on any atom is -0.508 e. The number of hydrogen-bond acceptors (Lipinski definition) is 10. The van der Waals surface area contributed by atoms with Gasteiger partial charge in [-0.05, 0) is 132 Å². The maximum absolute atomic E-state index is 12.6. The zero-order valence-electron chi connectivity index (χ0n) is 33.6. The van der Waals surface area contributed by atoms with Crippen molar-refractivity contribution in [2.75, 3.05) is 18.0 Å². The van der Waals surface area contributed by atoms with Crippen LogP contribution in [0, 0.1) is 43.4 Å². The van der Waals surface area contributed by atoms with Crippen molar-refractivity contribution < 1.29 is 9.90 Å². The zero-order chi connectivity index (χ0) is 40.6. The Morgan fingerprint density at radius 2 is 1.72 bits per heavy atom. The summed E-state index contributed by atoms with van der Waals surface area (Å²) in [6, 6.07) is 19.3. The topological polar surface area (TPSA) is 145 Å². The molecule has 2 N–H and O–H groups in total. The van der Waals surface area contributed by atoms with Crippen LogP contribution in [0.3, 0.4) is 0 Å². The number of hydrogen-bond donors (Lipinski definition) is 2. The van der Waals surface area contributed by atoms with Crippen molar-refractivity contribution in [2.24, 2.45) is 16.3 Å². The van der Waals surface area contributed by atoms with E-state index in [1.165, 1.54) is 89.8 Å². The first-order chi connectivity index (χ1) is 28.0. The second-order valence-corrected chi connectivity index (χ2v) is 18.2. The summed E-state index contributed by atoms with van der Waals surface area (Å²) in [5.41, 5.74) is 8.27. The predicted molar refractivity (Wildman–Crippen MR) is 228 cm³/mol. The molecule has 1 saturated heterocycles. The number of aromatic nitrogens is 5. The van der Waals surface area contributed by atoms with E-state index in [4.69, 9.17) is 27.0 Å². The first kappa shape index (κ1) is 39.7. The van der Waals surface area contributed by atoms with Gasteiger partial charge in [0.05, 0.1) is 22.0 Å². The number of nitrogens with one attached hydrogen (secondary N) is 1. The van der Waals surface area contributed by atoms with E-state index in [0.29, 0.717) is 22.6 Å². The van der Waals surface area contributed by atoms with Gasteiger partial charge in [-0.1, -0.05) is 43.0 Å². The molecule has 0 radical (unpaired) electrons. The lowest BCUT2D eigenvalue weighted by Gasteiger charge is -2.52. The van der Waals surface area contributed by atoms with E-state index < -0.39 is 0 Å². The number of nitriles is 1. The highest BCUT2D eigenvalue weighted by Crippen LogP contribution is 2.53. The van der Waals surface area contributed by atoms with Gasteiger partial charge in [0.15, 0.2) is 11.5 Å². The van der Waals surface area contributed by atoms with Gasteiger partial charge in [0.1, 0.15) is 28.7 Å². The fourth-order valence-electron chi connectivity index (χ4n) is 9.25. The molecule has 13 heteroatoms. The number of fused-ring (bicyclic) bond motifs is 3. The Morgan fingerprint density at radius 1 is 0.983 bits per heavy atom. The molecule has 1 atom stereocenters. The third-order valence-electron chi connectivity index (χ3n) is 12.6. The van der Waals surface area contributed by atoms with E-state index in [1.54, 1.807) is 11.3 Å². The highest BCUT2D eigenvalue weighted by molar-refractivity contribution is 7.15. The molecule has 11 nitrogen and oxygen atoms in total. The third kappa shape index (κ3) is 8.12. The molecule has 1 unspecified atom stereocenters. The Hall–Kier alpha value is -5.12. The van der Waals surface area contributed by atoms with E-state index in [0.717, 1.165) is 61.0 Å². The molecule has 2 aliphatic heterocycles. The van der Waals surface area contributed by atoms with Crippen LogP contribution in [0.2, 0.25) is 5.02 Å². The second-order valence-electron chi connectivity index (χ2n) is 16.6. The van der Waals surface area contributed by atoms with Crippen LogP contribution in [0.25, 0.3) is 5.00 Å². The van der Waals surface area contributed by atoms with Crippen LogP contribution in [-0.2, 0) is 6.42 Å². The Balaban J connectivity index is 0.000000412. The number of carbonyl (C=O) groups is 1. The molecule has 5 aromatic rings. The lowest BCUT2D eigenvalue weighted by molar-refractivity contribution is 0.0277. The van der Waals surface area contributed by atoms with Crippen molar-refractivity contribution >= 4 is 40.2 Å². The molecule has 3 fully saturated rings. The number of rotatable bonds is 6. The summed E-state index contributed by atoms with van der Waals surface area (Å²) in [6.45, 7) is 10.7. The number of phenolic OH excluding ortho intramolecular Hbond substituents is 1. The molecule has 3 aromatic heterocycles. The lowest BCUT2D eigenvalue weighted by Crippen LogP contribution is -2.47. The standard InChI is InChI=1S/C38H46N8OS.C7H4ClNO/c1-23-25(3)48-37-33(23)34(39-24(2)35-44-41-26(4)46(35)37)28-10-13-31(14-11-28)45-18-16-38(17-19-45)21-27(22-38)20-30-12-15-32(43-42-30)36(47)40-29-8-6-5-7-9-29;8-7-3-6(10)2-1-5(7)4-9/h10-15,24,27,29H,5-9,16-22H2,1-4H3,(H,40,47);1-3,10H. The molecule has 2 aliphatic carbocycles. The molecule has 2 saturated carbocycles. The van der Waals surface area contributed by atoms with E-state index in [1.807, 2.05) is 25.1 Å². The SMILES string of the molecule is Cc1sc2c(c1C)C(c1ccc(N3CCC4(CC3)CC(Cc3ccc(C(=O)NC5CCCCC5)nn3)C4)cc1)=NC(C)c1nnc(C)n1-2.N#Cc1ccc(O)cc1Cl. The van der Waals surface area contributed by atoms with Gasteiger partial charge in [-0.15, -0.1) is 26.6 Å². The Morgan fingerprint density at radius 3 is 2.40 bits per heavy atom. The van der Waals surface area contributed by atoms with Gasteiger partial charge in [-0.2, -0.15) is 10.4 Å². The van der Waals surface area contributed by atoms with Gasteiger partial charge in [0.2, 0.25) is 0 Å². The number of benzene rings is 2. The maximum atomic E-state index is 12.6. The van der Waals surface area contributed by atoms with E-state index >= 15 is 0 Å². The average Bonchev–Trinajstić information content (AvgIpc) is 3.71. The van der Waals surface area contributed by atoms with E-state index in [9.17, 15) is 4.79 Å². The highest BCUT2D eigenvalue weighted by atomic mass is 35.5. The Bertz CT molecular complexity index is 2360. The molecule has 5 heterocycles. The number of thiophene rings is 1. The molecule has 300 valence electrons. The smallest absolute Gasteiger partial charge is 0.272 e. The van der Waals surface area contributed by atoms with Crippen LogP contribution < -0.4 is 10.2 Å². The maximum Gasteiger partial charge on any atom is 0.272 e. The van der Waals surface area contributed by atoms with Gasteiger partial charge in [0, 0.05) is 40.8 Å². The van der Waals surface area contributed by atoms with Crippen LogP contribution in [0.15, 0.2) is 59.6 Å². The normalized spacial score (nSPS) is 18.8. The van der Waals surface area contributed by atoms with Crippen LogP contribution >= 0.6 is 22.9 Å². The van der Waals surface area contributed by atoms with Gasteiger partial charge >= 0.3 is 0 Å². The fraction of sp³-hybridized carbons (Fsp3) is 0.444. The molecular formula is C45H50ClN9O2S.